The van der Waals surface area contributed by atoms with Crippen molar-refractivity contribution in [3.05, 3.63) is 29.8 Å². The second-order valence-electron chi connectivity index (χ2n) is 4.21. The van der Waals surface area contributed by atoms with Gasteiger partial charge < -0.3 is 10.6 Å². The molecule has 0 spiro atoms. The van der Waals surface area contributed by atoms with Gasteiger partial charge in [-0.3, -0.25) is 4.79 Å². The van der Waals surface area contributed by atoms with Crippen LogP contribution in [0.5, 0.6) is 0 Å². The van der Waals surface area contributed by atoms with E-state index in [9.17, 15) is 4.79 Å². The Kier molecular flexibility index (Phi) is 4.45. The first kappa shape index (κ1) is 12.5. The van der Waals surface area contributed by atoms with Crippen molar-refractivity contribution in [3.8, 4) is 0 Å². The van der Waals surface area contributed by atoms with E-state index < -0.39 is 0 Å². The fourth-order valence-electron chi connectivity index (χ4n) is 1.95. The summed E-state index contributed by atoms with van der Waals surface area (Å²) in [5.74, 6) is 0.136. The van der Waals surface area contributed by atoms with Crippen molar-refractivity contribution in [1.29, 1.82) is 0 Å². The first-order valence-electron chi connectivity index (χ1n) is 5.93. The molecule has 1 aliphatic rings. The number of piperidine rings is 1. The lowest BCUT2D eigenvalue weighted by Crippen LogP contribution is -2.47. The van der Waals surface area contributed by atoms with Crippen molar-refractivity contribution in [1.82, 2.24) is 10.6 Å². The quantitative estimate of drug-likeness (QED) is 0.800. The van der Waals surface area contributed by atoms with Crippen molar-refractivity contribution in [2.75, 3.05) is 12.8 Å². The highest BCUT2D eigenvalue weighted by molar-refractivity contribution is 7.98. The third kappa shape index (κ3) is 3.48. The molecular formula is C13H18N2OS. The van der Waals surface area contributed by atoms with Crippen LogP contribution in [0.2, 0.25) is 0 Å². The fourth-order valence-corrected chi connectivity index (χ4v) is 2.36. The highest BCUT2D eigenvalue weighted by atomic mass is 32.2. The summed E-state index contributed by atoms with van der Waals surface area (Å²) in [6.07, 6.45) is 4.07. The van der Waals surface area contributed by atoms with Crippen molar-refractivity contribution in [2.24, 2.45) is 0 Å². The highest BCUT2D eigenvalue weighted by Crippen LogP contribution is 2.15. The van der Waals surface area contributed by atoms with Gasteiger partial charge >= 0.3 is 0 Å². The van der Waals surface area contributed by atoms with Crippen molar-refractivity contribution >= 4 is 17.7 Å². The van der Waals surface area contributed by atoms with Gasteiger partial charge in [0, 0.05) is 18.0 Å². The molecule has 0 aliphatic carbocycles. The summed E-state index contributed by atoms with van der Waals surface area (Å²) in [4.78, 5) is 12.8. The maximum absolute atomic E-state index is 11.5. The second-order valence-corrected chi connectivity index (χ2v) is 5.09. The highest BCUT2D eigenvalue weighted by Gasteiger charge is 2.20. The van der Waals surface area contributed by atoms with Gasteiger partial charge in [-0.05, 0) is 36.8 Å². The van der Waals surface area contributed by atoms with Crippen LogP contribution in [0.3, 0.4) is 0 Å². The standard InChI is InChI=1S/C13H18N2OS/c1-17-11-6-4-10(5-7-11)9-15-12-3-2-8-14-13(12)16/h4-7,12,15H,2-3,8-9H2,1H3,(H,14,16). The van der Waals surface area contributed by atoms with Crippen LogP contribution in [0, 0.1) is 0 Å². The van der Waals surface area contributed by atoms with Crippen LogP contribution < -0.4 is 10.6 Å². The number of thioether (sulfide) groups is 1. The molecule has 1 amide bonds. The number of amides is 1. The zero-order chi connectivity index (χ0) is 12.1. The van der Waals surface area contributed by atoms with E-state index in [0.717, 1.165) is 25.9 Å². The van der Waals surface area contributed by atoms with Crippen molar-refractivity contribution in [2.45, 2.75) is 30.3 Å². The van der Waals surface area contributed by atoms with Crippen LogP contribution in [0.15, 0.2) is 29.2 Å². The number of carbonyl (C=O) groups is 1. The molecule has 2 rings (SSSR count). The van der Waals surface area contributed by atoms with E-state index in [0.29, 0.717) is 0 Å². The minimum atomic E-state index is -0.0241. The summed E-state index contributed by atoms with van der Waals surface area (Å²) < 4.78 is 0. The molecule has 17 heavy (non-hydrogen) atoms. The van der Waals surface area contributed by atoms with E-state index in [1.807, 2.05) is 0 Å². The van der Waals surface area contributed by atoms with Gasteiger partial charge in [-0.1, -0.05) is 12.1 Å². The van der Waals surface area contributed by atoms with Gasteiger partial charge in [-0.2, -0.15) is 0 Å². The van der Waals surface area contributed by atoms with Gasteiger partial charge in [0.1, 0.15) is 0 Å². The Balaban J connectivity index is 1.86. The summed E-state index contributed by atoms with van der Waals surface area (Å²) in [6.45, 7) is 1.58. The number of carbonyl (C=O) groups excluding carboxylic acids is 1. The minimum absolute atomic E-state index is 0.0241. The van der Waals surface area contributed by atoms with Gasteiger partial charge in [0.2, 0.25) is 5.91 Å². The van der Waals surface area contributed by atoms with Crippen LogP contribution >= 0.6 is 11.8 Å². The predicted molar refractivity (Wildman–Crippen MR) is 71.1 cm³/mol. The number of rotatable bonds is 4. The van der Waals surface area contributed by atoms with E-state index in [-0.39, 0.29) is 11.9 Å². The zero-order valence-corrected chi connectivity index (χ0v) is 10.8. The van der Waals surface area contributed by atoms with Gasteiger partial charge in [0.05, 0.1) is 6.04 Å². The molecule has 4 heteroatoms. The second kappa shape index (κ2) is 6.07. The molecule has 3 nitrogen and oxygen atoms in total. The smallest absolute Gasteiger partial charge is 0.237 e. The third-order valence-corrected chi connectivity index (χ3v) is 3.74. The Labute approximate surface area is 106 Å². The van der Waals surface area contributed by atoms with Crippen molar-refractivity contribution in [3.63, 3.8) is 0 Å². The number of nitrogens with one attached hydrogen (secondary N) is 2. The Bertz CT molecular complexity index is 378. The number of benzene rings is 1. The lowest BCUT2D eigenvalue weighted by Gasteiger charge is -2.22. The molecule has 0 bridgehead atoms. The van der Waals surface area contributed by atoms with E-state index in [1.54, 1.807) is 11.8 Å². The average molecular weight is 250 g/mol. The summed E-state index contributed by atoms with van der Waals surface area (Å²) in [7, 11) is 0. The molecule has 1 saturated heterocycles. The molecule has 1 fully saturated rings. The van der Waals surface area contributed by atoms with Gasteiger partial charge in [-0.25, -0.2) is 0 Å². The Hall–Kier alpha value is -1.00. The zero-order valence-electron chi connectivity index (χ0n) is 10.0. The Morgan fingerprint density at radius 3 is 2.82 bits per heavy atom. The summed E-state index contributed by atoms with van der Waals surface area (Å²) in [6, 6.07) is 8.42. The largest absolute Gasteiger partial charge is 0.355 e. The summed E-state index contributed by atoms with van der Waals surface area (Å²) >= 11 is 1.74. The molecule has 0 saturated carbocycles. The molecule has 0 radical (unpaired) electrons. The number of hydrogen-bond acceptors (Lipinski definition) is 3. The molecule has 1 aromatic rings. The van der Waals surface area contributed by atoms with E-state index in [1.165, 1.54) is 10.5 Å². The molecule has 1 aromatic carbocycles. The lowest BCUT2D eigenvalue weighted by atomic mass is 10.1. The van der Waals surface area contributed by atoms with Crippen LogP contribution in [0.25, 0.3) is 0 Å². The normalized spacial score (nSPS) is 20.1. The minimum Gasteiger partial charge on any atom is -0.355 e. The SMILES string of the molecule is CSc1ccc(CNC2CCCNC2=O)cc1. The summed E-state index contributed by atoms with van der Waals surface area (Å²) in [5, 5.41) is 6.19. The predicted octanol–water partition coefficient (Wildman–Crippen LogP) is 1.78. The topological polar surface area (TPSA) is 41.1 Å². The molecule has 92 valence electrons. The maximum Gasteiger partial charge on any atom is 0.237 e. The van der Waals surface area contributed by atoms with Crippen LogP contribution in [0.4, 0.5) is 0 Å². The average Bonchev–Trinajstić information content (AvgIpc) is 2.38. The summed E-state index contributed by atoms with van der Waals surface area (Å²) in [5.41, 5.74) is 1.22. The monoisotopic (exact) mass is 250 g/mol. The number of hydrogen-bond donors (Lipinski definition) is 2. The lowest BCUT2D eigenvalue weighted by molar-refractivity contribution is -0.124. The van der Waals surface area contributed by atoms with Gasteiger partial charge in [0.25, 0.3) is 0 Å². The third-order valence-electron chi connectivity index (χ3n) is 3.00. The first-order valence-corrected chi connectivity index (χ1v) is 7.16. The van der Waals surface area contributed by atoms with Gasteiger partial charge in [-0.15, -0.1) is 11.8 Å². The molecule has 1 atom stereocenters. The molecule has 1 aliphatic heterocycles. The van der Waals surface area contributed by atoms with E-state index in [4.69, 9.17) is 0 Å². The molecule has 1 unspecified atom stereocenters. The Morgan fingerprint density at radius 2 is 2.18 bits per heavy atom. The fraction of sp³-hybridized carbons (Fsp3) is 0.462. The van der Waals surface area contributed by atoms with E-state index in [2.05, 4.69) is 41.2 Å². The van der Waals surface area contributed by atoms with Crippen LogP contribution in [-0.4, -0.2) is 24.7 Å². The molecular weight excluding hydrogens is 232 g/mol. The molecule has 1 heterocycles. The van der Waals surface area contributed by atoms with E-state index >= 15 is 0 Å². The molecule has 2 N–H and O–H groups in total. The molecule has 0 aromatic heterocycles. The van der Waals surface area contributed by atoms with Gasteiger partial charge in [0.15, 0.2) is 0 Å². The first-order chi connectivity index (χ1) is 8.29. The van der Waals surface area contributed by atoms with Crippen LogP contribution in [-0.2, 0) is 11.3 Å². The maximum atomic E-state index is 11.5. The van der Waals surface area contributed by atoms with Crippen LogP contribution in [0.1, 0.15) is 18.4 Å². The van der Waals surface area contributed by atoms with Crippen molar-refractivity contribution < 1.29 is 4.79 Å². The Morgan fingerprint density at radius 1 is 1.41 bits per heavy atom.